The summed E-state index contributed by atoms with van der Waals surface area (Å²) in [6.45, 7) is 5.14. The van der Waals surface area contributed by atoms with Crippen molar-refractivity contribution in [2.45, 2.75) is 32.0 Å². The molecule has 2 saturated heterocycles. The monoisotopic (exact) mass is 431 g/mol. The normalized spacial score (nSPS) is 22.3. The van der Waals surface area contributed by atoms with E-state index in [1.54, 1.807) is 4.90 Å². The van der Waals surface area contributed by atoms with E-state index in [4.69, 9.17) is 9.47 Å². The second kappa shape index (κ2) is 8.68. The Labute approximate surface area is 171 Å². The van der Waals surface area contributed by atoms with Crippen molar-refractivity contribution in [3.8, 4) is 5.75 Å². The Morgan fingerprint density at radius 2 is 1.63 bits per heavy atom. The Hall–Kier alpha value is -2.53. The first-order valence-corrected chi connectivity index (χ1v) is 9.55. The van der Waals surface area contributed by atoms with Gasteiger partial charge in [-0.15, -0.1) is 13.2 Å². The molecule has 2 aliphatic rings. The van der Waals surface area contributed by atoms with Gasteiger partial charge >= 0.3 is 12.4 Å². The zero-order valence-corrected chi connectivity index (χ0v) is 16.7. The van der Waals surface area contributed by atoms with Gasteiger partial charge in [0.1, 0.15) is 5.75 Å². The van der Waals surface area contributed by atoms with Crippen LogP contribution in [0.3, 0.4) is 0 Å². The molecule has 30 heavy (non-hydrogen) atoms. The number of alkyl halides is 3. The highest BCUT2D eigenvalue weighted by molar-refractivity contribution is 5.94. The largest absolute Gasteiger partial charge is 0.573 e. The summed E-state index contributed by atoms with van der Waals surface area (Å²) in [7, 11) is 0. The summed E-state index contributed by atoms with van der Waals surface area (Å²) in [5.41, 5.74) is 0.215. The SMILES string of the molecule is CC(C)NC(=O)N1CCOC2(C1)CN(C(=O)c1ccc(OC(F)(F)F)cc1)CCO2. The van der Waals surface area contributed by atoms with Crippen molar-refractivity contribution >= 4 is 11.9 Å². The van der Waals surface area contributed by atoms with E-state index in [0.29, 0.717) is 13.1 Å². The van der Waals surface area contributed by atoms with Crippen molar-refractivity contribution < 1.29 is 37.0 Å². The van der Waals surface area contributed by atoms with Crippen LogP contribution in [0.4, 0.5) is 18.0 Å². The number of benzene rings is 1. The molecule has 8 nitrogen and oxygen atoms in total. The van der Waals surface area contributed by atoms with Crippen LogP contribution in [0.5, 0.6) is 5.75 Å². The smallest absolute Gasteiger partial charge is 0.406 e. The molecular weight excluding hydrogens is 407 g/mol. The highest BCUT2D eigenvalue weighted by Crippen LogP contribution is 2.27. The third-order valence-electron chi connectivity index (χ3n) is 4.64. The van der Waals surface area contributed by atoms with E-state index in [9.17, 15) is 22.8 Å². The molecule has 0 saturated carbocycles. The Kier molecular flexibility index (Phi) is 6.41. The fourth-order valence-corrected chi connectivity index (χ4v) is 3.36. The molecule has 3 amide bonds. The predicted octanol–water partition coefficient (Wildman–Crippen LogP) is 2.20. The number of morpholine rings is 2. The lowest BCUT2D eigenvalue weighted by Crippen LogP contribution is -2.64. The van der Waals surface area contributed by atoms with Crippen molar-refractivity contribution in [3.63, 3.8) is 0 Å². The van der Waals surface area contributed by atoms with Crippen molar-refractivity contribution in [2.24, 2.45) is 0 Å². The van der Waals surface area contributed by atoms with Gasteiger partial charge in [0.15, 0.2) is 0 Å². The molecule has 2 aliphatic heterocycles. The summed E-state index contributed by atoms with van der Waals surface area (Å²) in [6.07, 6.45) is -4.80. The van der Waals surface area contributed by atoms with E-state index in [2.05, 4.69) is 10.1 Å². The van der Waals surface area contributed by atoms with Crippen LogP contribution >= 0.6 is 0 Å². The minimum atomic E-state index is -4.80. The van der Waals surface area contributed by atoms with Gasteiger partial charge in [0.2, 0.25) is 5.79 Å². The number of rotatable bonds is 3. The Morgan fingerprint density at radius 3 is 2.20 bits per heavy atom. The van der Waals surface area contributed by atoms with E-state index in [0.717, 1.165) is 12.1 Å². The molecule has 1 unspecified atom stereocenters. The standard InChI is InChI=1S/C19H24F3N3O5/c1-13(2)23-17(27)25-8-10-29-18(12-25)11-24(7-9-28-18)16(26)14-3-5-15(6-4-14)30-19(20,21)22/h3-6,13H,7-12H2,1-2H3,(H,23,27). The number of carbonyl (C=O) groups excluding carboxylic acids is 2. The van der Waals surface area contributed by atoms with Crippen molar-refractivity contribution in [1.29, 1.82) is 0 Å². The number of hydrogen-bond acceptors (Lipinski definition) is 5. The third-order valence-corrected chi connectivity index (χ3v) is 4.64. The van der Waals surface area contributed by atoms with Crippen LogP contribution < -0.4 is 10.1 Å². The molecule has 1 N–H and O–H groups in total. The quantitative estimate of drug-likeness (QED) is 0.794. The molecule has 166 valence electrons. The summed E-state index contributed by atoms with van der Waals surface area (Å²) in [5.74, 6) is -1.91. The second-order valence-corrected chi connectivity index (χ2v) is 7.43. The first-order chi connectivity index (χ1) is 14.1. The molecule has 1 spiro atoms. The Balaban J connectivity index is 1.66. The third kappa shape index (κ3) is 5.54. The number of nitrogens with zero attached hydrogens (tertiary/aromatic N) is 2. The molecule has 2 heterocycles. The highest BCUT2D eigenvalue weighted by Gasteiger charge is 2.44. The molecular formula is C19H24F3N3O5. The number of carbonyl (C=O) groups is 2. The van der Waals surface area contributed by atoms with Crippen LogP contribution in [0.25, 0.3) is 0 Å². The van der Waals surface area contributed by atoms with Gasteiger partial charge in [0.05, 0.1) is 26.3 Å². The molecule has 11 heteroatoms. The molecule has 1 atom stereocenters. The number of ether oxygens (including phenoxy) is 3. The fourth-order valence-electron chi connectivity index (χ4n) is 3.36. The van der Waals surface area contributed by atoms with E-state index >= 15 is 0 Å². The minimum Gasteiger partial charge on any atom is -0.406 e. The van der Waals surface area contributed by atoms with Gasteiger partial charge in [-0.2, -0.15) is 0 Å². The minimum absolute atomic E-state index is 0.0223. The average molecular weight is 431 g/mol. The van der Waals surface area contributed by atoms with Crippen molar-refractivity contribution in [2.75, 3.05) is 39.4 Å². The molecule has 0 aromatic heterocycles. The lowest BCUT2D eigenvalue weighted by atomic mass is 10.1. The zero-order valence-electron chi connectivity index (χ0n) is 16.7. The maximum Gasteiger partial charge on any atom is 0.573 e. The van der Waals surface area contributed by atoms with E-state index in [1.165, 1.54) is 17.0 Å². The molecule has 0 bridgehead atoms. The van der Waals surface area contributed by atoms with Crippen molar-refractivity contribution in [1.82, 2.24) is 15.1 Å². The molecule has 1 aromatic rings. The maximum atomic E-state index is 12.8. The van der Waals surface area contributed by atoms with Gasteiger partial charge in [-0.05, 0) is 38.1 Å². The van der Waals surface area contributed by atoms with Crippen LogP contribution in [0.1, 0.15) is 24.2 Å². The van der Waals surface area contributed by atoms with E-state index in [-0.39, 0.29) is 49.8 Å². The lowest BCUT2D eigenvalue weighted by molar-refractivity contribution is -0.281. The topological polar surface area (TPSA) is 80.3 Å². The summed E-state index contributed by atoms with van der Waals surface area (Å²) in [6, 6.07) is 4.47. The van der Waals surface area contributed by atoms with Gasteiger partial charge in [-0.3, -0.25) is 4.79 Å². The van der Waals surface area contributed by atoms with E-state index in [1.807, 2.05) is 13.8 Å². The van der Waals surface area contributed by atoms with Crippen molar-refractivity contribution in [3.05, 3.63) is 29.8 Å². The van der Waals surface area contributed by atoms with Crippen LogP contribution in [-0.4, -0.2) is 79.3 Å². The zero-order chi connectivity index (χ0) is 21.9. The summed E-state index contributed by atoms with van der Waals surface area (Å²) >= 11 is 0. The first-order valence-electron chi connectivity index (χ1n) is 9.55. The molecule has 1 aromatic carbocycles. The Morgan fingerprint density at radius 1 is 1.07 bits per heavy atom. The number of amides is 3. The van der Waals surface area contributed by atoms with Gasteiger partial charge < -0.3 is 29.3 Å². The van der Waals surface area contributed by atoms with Gasteiger partial charge in [0.25, 0.3) is 5.91 Å². The summed E-state index contributed by atoms with van der Waals surface area (Å²) in [4.78, 5) is 28.3. The highest BCUT2D eigenvalue weighted by atomic mass is 19.4. The van der Waals surface area contributed by atoms with Gasteiger partial charge in [-0.1, -0.05) is 0 Å². The van der Waals surface area contributed by atoms with Gasteiger partial charge in [0, 0.05) is 24.7 Å². The second-order valence-electron chi connectivity index (χ2n) is 7.43. The van der Waals surface area contributed by atoms with Crippen LogP contribution in [0, 0.1) is 0 Å². The molecule has 3 rings (SSSR count). The predicted molar refractivity (Wildman–Crippen MR) is 98.9 cm³/mol. The van der Waals surface area contributed by atoms with Gasteiger partial charge in [-0.25, -0.2) is 4.79 Å². The fraction of sp³-hybridized carbons (Fsp3) is 0.579. The maximum absolute atomic E-state index is 12.8. The number of urea groups is 1. The Bertz CT molecular complexity index is 768. The summed E-state index contributed by atoms with van der Waals surface area (Å²) in [5, 5.41) is 2.82. The van der Waals surface area contributed by atoms with Crippen LogP contribution in [-0.2, 0) is 9.47 Å². The molecule has 0 aliphatic carbocycles. The number of halogens is 3. The van der Waals surface area contributed by atoms with Crippen LogP contribution in [0.15, 0.2) is 24.3 Å². The average Bonchev–Trinajstić information content (AvgIpc) is 2.66. The molecule has 0 radical (unpaired) electrons. The summed E-state index contributed by atoms with van der Waals surface area (Å²) < 4.78 is 52.3. The van der Waals surface area contributed by atoms with E-state index < -0.39 is 17.9 Å². The lowest BCUT2D eigenvalue weighted by Gasteiger charge is -2.47. The number of hydrogen-bond donors (Lipinski definition) is 1. The first kappa shape index (κ1) is 22.2. The number of nitrogens with one attached hydrogen (secondary N) is 1. The van der Waals surface area contributed by atoms with Crippen LogP contribution in [0.2, 0.25) is 0 Å². The molecule has 2 fully saturated rings.